The van der Waals surface area contributed by atoms with E-state index in [4.69, 9.17) is 4.74 Å². The van der Waals surface area contributed by atoms with E-state index >= 15 is 0 Å². The van der Waals surface area contributed by atoms with Gasteiger partial charge in [0.1, 0.15) is 6.23 Å². The monoisotopic (exact) mass is 127 g/mol. The van der Waals surface area contributed by atoms with Crippen LogP contribution in [0.25, 0.3) is 0 Å². The fourth-order valence-corrected chi connectivity index (χ4v) is 1.65. The van der Waals surface area contributed by atoms with Gasteiger partial charge in [-0.3, -0.25) is 5.32 Å². The highest BCUT2D eigenvalue weighted by Gasteiger charge is 2.43. The van der Waals surface area contributed by atoms with Crippen LogP contribution in [-0.2, 0) is 4.74 Å². The molecule has 9 heavy (non-hydrogen) atoms. The first-order valence-corrected chi connectivity index (χ1v) is 3.72. The molecular weight excluding hydrogens is 114 g/mol. The lowest BCUT2D eigenvalue weighted by Crippen LogP contribution is -2.40. The van der Waals surface area contributed by atoms with E-state index in [1.165, 1.54) is 19.3 Å². The van der Waals surface area contributed by atoms with Gasteiger partial charge in [0, 0.05) is 6.54 Å². The maximum absolute atomic E-state index is 5.67. The minimum atomic E-state index is 0.277. The van der Waals surface area contributed by atoms with Crippen LogP contribution in [0.15, 0.2) is 0 Å². The third-order valence-corrected chi connectivity index (χ3v) is 2.40. The highest BCUT2D eigenvalue weighted by Crippen LogP contribution is 2.38. The molecule has 0 bridgehead atoms. The Kier molecular flexibility index (Phi) is 1.08. The molecule has 1 N–H and O–H groups in total. The Morgan fingerprint density at radius 1 is 1.56 bits per heavy atom. The lowest BCUT2D eigenvalue weighted by Gasteiger charge is -2.36. The van der Waals surface area contributed by atoms with E-state index < -0.39 is 0 Å². The van der Waals surface area contributed by atoms with Crippen molar-refractivity contribution in [1.82, 2.24) is 5.32 Å². The molecule has 0 aromatic carbocycles. The van der Waals surface area contributed by atoms with Gasteiger partial charge in [0.15, 0.2) is 0 Å². The molecule has 1 aliphatic carbocycles. The van der Waals surface area contributed by atoms with Gasteiger partial charge < -0.3 is 4.74 Å². The maximum Gasteiger partial charge on any atom is 0.106 e. The third kappa shape index (κ3) is 0.775. The molecule has 0 amide bonds. The molecule has 2 fully saturated rings. The van der Waals surface area contributed by atoms with Crippen LogP contribution in [0.3, 0.4) is 0 Å². The topological polar surface area (TPSA) is 21.3 Å². The normalized spacial score (nSPS) is 39.0. The summed E-state index contributed by atoms with van der Waals surface area (Å²) in [7, 11) is 0. The minimum absolute atomic E-state index is 0.277. The second-order valence-corrected chi connectivity index (χ2v) is 3.18. The van der Waals surface area contributed by atoms with Gasteiger partial charge in [-0.2, -0.15) is 0 Å². The summed E-state index contributed by atoms with van der Waals surface area (Å²) >= 11 is 0. The Balaban J connectivity index is 1.99. The van der Waals surface area contributed by atoms with Crippen LogP contribution >= 0.6 is 0 Å². The number of hydrogen-bond acceptors (Lipinski definition) is 2. The highest BCUT2D eigenvalue weighted by atomic mass is 16.5. The van der Waals surface area contributed by atoms with E-state index in [1.807, 2.05) is 0 Å². The molecule has 0 radical (unpaired) electrons. The second-order valence-electron chi connectivity index (χ2n) is 3.18. The molecular formula is C7H13NO. The van der Waals surface area contributed by atoms with E-state index in [-0.39, 0.29) is 5.60 Å². The summed E-state index contributed by atoms with van der Waals surface area (Å²) in [5.41, 5.74) is 0.277. The van der Waals surface area contributed by atoms with E-state index in [9.17, 15) is 0 Å². The molecule has 1 heterocycles. The molecule has 2 nitrogen and oxygen atoms in total. The molecule has 0 unspecified atom stereocenters. The zero-order chi connectivity index (χ0) is 6.32. The maximum atomic E-state index is 5.67. The summed E-state index contributed by atoms with van der Waals surface area (Å²) in [6.45, 7) is 3.15. The van der Waals surface area contributed by atoms with Crippen molar-refractivity contribution < 1.29 is 4.74 Å². The van der Waals surface area contributed by atoms with Crippen LogP contribution < -0.4 is 5.32 Å². The van der Waals surface area contributed by atoms with Crippen molar-refractivity contribution in [3.05, 3.63) is 0 Å². The van der Waals surface area contributed by atoms with Crippen molar-refractivity contribution in [2.24, 2.45) is 0 Å². The van der Waals surface area contributed by atoms with Crippen LogP contribution in [0.4, 0.5) is 0 Å². The molecule has 0 aromatic rings. The van der Waals surface area contributed by atoms with Crippen molar-refractivity contribution in [3.8, 4) is 0 Å². The zero-order valence-electron chi connectivity index (χ0n) is 5.81. The van der Waals surface area contributed by atoms with Crippen LogP contribution in [0, 0.1) is 0 Å². The summed E-state index contributed by atoms with van der Waals surface area (Å²) in [6.07, 6.45) is 4.19. The van der Waals surface area contributed by atoms with Crippen LogP contribution in [0.1, 0.15) is 26.2 Å². The molecule has 1 saturated carbocycles. The van der Waals surface area contributed by atoms with Crippen molar-refractivity contribution >= 4 is 0 Å². The van der Waals surface area contributed by atoms with E-state index in [2.05, 4.69) is 12.2 Å². The summed E-state index contributed by atoms with van der Waals surface area (Å²) in [6, 6.07) is 0. The largest absolute Gasteiger partial charge is 0.356 e. The van der Waals surface area contributed by atoms with Gasteiger partial charge in [0.05, 0.1) is 5.60 Å². The Bertz CT molecular complexity index is 120. The summed E-state index contributed by atoms with van der Waals surface area (Å²) in [4.78, 5) is 0. The van der Waals surface area contributed by atoms with Crippen molar-refractivity contribution in [2.45, 2.75) is 38.0 Å². The fourth-order valence-electron chi connectivity index (χ4n) is 1.65. The second kappa shape index (κ2) is 1.70. The SMILES string of the molecule is C[C@@H]1NCC2(CCC2)O1. The van der Waals surface area contributed by atoms with Gasteiger partial charge in [0.25, 0.3) is 0 Å². The molecule has 2 aliphatic rings. The first kappa shape index (κ1) is 5.69. The first-order chi connectivity index (χ1) is 4.31. The van der Waals surface area contributed by atoms with Gasteiger partial charge in [-0.25, -0.2) is 0 Å². The quantitative estimate of drug-likeness (QED) is 0.521. The Labute approximate surface area is 55.6 Å². The van der Waals surface area contributed by atoms with Gasteiger partial charge in [-0.1, -0.05) is 0 Å². The van der Waals surface area contributed by atoms with Gasteiger partial charge >= 0.3 is 0 Å². The third-order valence-electron chi connectivity index (χ3n) is 2.40. The molecule has 1 saturated heterocycles. The Morgan fingerprint density at radius 3 is 2.56 bits per heavy atom. The number of hydrogen-bond donors (Lipinski definition) is 1. The van der Waals surface area contributed by atoms with E-state index in [1.54, 1.807) is 0 Å². The summed E-state index contributed by atoms with van der Waals surface area (Å²) in [5.74, 6) is 0. The van der Waals surface area contributed by atoms with Crippen molar-refractivity contribution in [1.29, 1.82) is 0 Å². The van der Waals surface area contributed by atoms with Gasteiger partial charge in [-0.05, 0) is 26.2 Å². The van der Waals surface area contributed by atoms with Gasteiger partial charge in [0.2, 0.25) is 0 Å². The average Bonchev–Trinajstić information content (AvgIpc) is 2.09. The predicted molar refractivity (Wildman–Crippen MR) is 35.1 cm³/mol. The molecule has 1 spiro atoms. The van der Waals surface area contributed by atoms with Crippen LogP contribution in [0.5, 0.6) is 0 Å². The molecule has 52 valence electrons. The smallest absolute Gasteiger partial charge is 0.106 e. The lowest BCUT2D eigenvalue weighted by molar-refractivity contribution is -0.0803. The van der Waals surface area contributed by atoms with Crippen LogP contribution in [-0.4, -0.2) is 18.4 Å². The van der Waals surface area contributed by atoms with E-state index in [0.717, 1.165) is 6.54 Å². The highest BCUT2D eigenvalue weighted by molar-refractivity contribution is 4.95. The van der Waals surface area contributed by atoms with Crippen molar-refractivity contribution in [2.75, 3.05) is 6.54 Å². The number of ether oxygens (including phenoxy) is 1. The van der Waals surface area contributed by atoms with Gasteiger partial charge in [-0.15, -0.1) is 0 Å². The number of nitrogens with one attached hydrogen (secondary N) is 1. The Morgan fingerprint density at radius 2 is 2.33 bits per heavy atom. The Hall–Kier alpha value is -0.0800. The number of rotatable bonds is 0. The standard InChI is InChI=1S/C7H13NO/c1-6-8-5-7(9-6)3-2-4-7/h6,8H,2-5H2,1H3/t6-/m1/s1. The fraction of sp³-hybridized carbons (Fsp3) is 1.00. The molecule has 2 rings (SSSR count). The molecule has 1 atom stereocenters. The molecule has 2 heteroatoms. The van der Waals surface area contributed by atoms with Crippen LogP contribution in [0.2, 0.25) is 0 Å². The minimum Gasteiger partial charge on any atom is -0.356 e. The summed E-state index contributed by atoms with van der Waals surface area (Å²) in [5, 5.41) is 3.29. The zero-order valence-corrected chi connectivity index (χ0v) is 5.81. The summed E-state index contributed by atoms with van der Waals surface area (Å²) < 4.78 is 5.67. The predicted octanol–water partition coefficient (Wildman–Crippen LogP) is 0.875. The van der Waals surface area contributed by atoms with Crippen molar-refractivity contribution in [3.63, 3.8) is 0 Å². The van der Waals surface area contributed by atoms with E-state index in [0.29, 0.717) is 6.23 Å². The molecule has 1 aliphatic heterocycles. The lowest BCUT2D eigenvalue weighted by atomic mass is 9.80. The first-order valence-electron chi connectivity index (χ1n) is 3.72. The average molecular weight is 127 g/mol. The molecule has 0 aromatic heterocycles.